The van der Waals surface area contributed by atoms with Crippen LogP contribution in [0.5, 0.6) is 0 Å². The lowest BCUT2D eigenvalue weighted by Gasteiger charge is -2.54. The number of piperazine rings is 1. The summed E-state index contributed by atoms with van der Waals surface area (Å²) in [7, 11) is 2.10. The predicted octanol–water partition coefficient (Wildman–Crippen LogP) is 3.26. The minimum Gasteiger partial charge on any atom is -0.348 e. The number of Topliss-reactive ketones (excluding diaryl/α,β-unsaturated/α-hetero) is 1. The highest BCUT2D eigenvalue weighted by Crippen LogP contribution is 2.46. The number of benzene rings is 1. The number of nitriles is 1. The summed E-state index contributed by atoms with van der Waals surface area (Å²) in [6.45, 7) is 8.66. The molecule has 11 heteroatoms. The third-order valence-corrected chi connectivity index (χ3v) is 10.5. The molecule has 0 bridgehead atoms. The molecule has 2 N–H and O–H groups in total. The van der Waals surface area contributed by atoms with E-state index >= 15 is 4.39 Å². The van der Waals surface area contributed by atoms with E-state index in [0.29, 0.717) is 49.2 Å². The molecule has 3 heterocycles. The van der Waals surface area contributed by atoms with Gasteiger partial charge in [0.05, 0.1) is 37.3 Å². The van der Waals surface area contributed by atoms with Crippen LogP contribution in [0.1, 0.15) is 57.2 Å². The van der Waals surface area contributed by atoms with Crippen LogP contribution >= 0.6 is 12.6 Å². The number of halogens is 1. The van der Waals surface area contributed by atoms with Crippen LogP contribution < -0.4 is 10.6 Å². The van der Waals surface area contributed by atoms with Gasteiger partial charge in [-0.25, -0.2) is 4.39 Å². The van der Waals surface area contributed by atoms with Gasteiger partial charge in [-0.2, -0.15) is 5.26 Å². The maximum absolute atomic E-state index is 15.7. The van der Waals surface area contributed by atoms with E-state index in [-0.39, 0.29) is 42.7 Å². The van der Waals surface area contributed by atoms with Gasteiger partial charge in [-0.15, -0.1) is 12.6 Å². The molecular formula is C32H45FN6O3S. The van der Waals surface area contributed by atoms with Crippen molar-refractivity contribution >= 4 is 24.3 Å². The van der Waals surface area contributed by atoms with E-state index in [9.17, 15) is 14.9 Å². The topological polar surface area (TPSA) is 101 Å². The Bertz CT molecular complexity index is 1230. The molecule has 0 radical (unpaired) electrons. The van der Waals surface area contributed by atoms with Crippen molar-refractivity contribution in [2.24, 2.45) is 11.3 Å². The highest BCUT2D eigenvalue weighted by molar-refractivity contribution is 7.80. The highest BCUT2D eigenvalue weighted by Gasteiger charge is 2.53. The van der Waals surface area contributed by atoms with Crippen LogP contribution in [-0.4, -0.2) is 96.9 Å². The van der Waals surface area contributed by atoms with Crippen molar-refractivity contribution in [3.63, 3.8) is 0 Å². The van der Waals surface area contributed by atoms with Crippen LogP contribution in [0.25, 0.3) is 0 Å². The molecule has 3 saturated heterocycles. The van der Waals surface area contributed by atoms with E-state index in [1.165, 1.54) is 6.08 Å². The van der Waals surface area contributed by atoms with Gasteiger partial charge in [0.25, 0.3) is 0 Å². The van der Waals surface area contributed by atoms with E-state index in [4.69, 9.17) is 4.74 Å². The third-order valence-electron chi connectivity index (χ3n) is 10.1. The number of rotatable bonds is 9. The molecule has 8 atom stereocenters. The molecule has 4 aliphatic rings. The van der Waals surface area contributed by atoms with Gasteiger partial charge in [-0.05, 0) is 63.4 Å². The second kappa shape index (κ2) is 13.8. The van der Waals surface area contributed by atoms with Gasteiger partial charge in [0, 0.05) is 41.9 Å². The van der Waals surface area contributed by atoms with Crippen molar-refractivity contribution in [1.82, 2.24) is 25.3 Å². The molecule has 5 rings (SSSR count). The highest BCUT2D eigenvalue weighted by atomic mass is 32.1. The van der Waals surface area contributed by atoms with Crippen LogP contribution in [0.3, 0.4) is 0 Å². The fourth-order valence-corrected chi connectivity index (χ4v) is 7.82. The zero-order valence-corrected chi connectivity index (χ0v) is 26.1. The molecule has 1 aromatic carbocycles. The molecule has 1 amide bonds. The van der Waals surface area contributed by atoms with Crippen LogP contribution in [0.15, 0.2) is 41.8 Å². The van der Waals surface area contributed by atoms with E-state index in [1.807, 2.05) is 13.0 Å². The molecule has 234 valence electrons. The summed E-state index contributed by atoms with van der Waals surface area (Å²) in [5, 5.41) is 16.6. The Kier molecular flexibility index (Phi) is 10.3. The largest absolute Gasteiger partial charge is 0.348 e. The van der Waals surface area contributed by atoms with Crippen molar-refractivity contribution in [2.75, 3.05) is 39.8 Å². The number of carbonyl (C=O) groups excluding carboxylic acids is 2. The number of ketones is 1. The van der Waals surface area contributed by atoms with Crippen LogP contribution in [-0.2, 0) is 14.3 Å². The number of hydrogen-bond donors (Lipinski definition) is 3. The molecule has 0 spiro atoms. The second-order valence-corrected chi connectivity index (χ2v) is 13.3. The van der Waals surface area contributed by atoms with Crippen LogP contribution in [0.2, 0.25) is 0 Å². The number of likely N-dealkylation sites (N-methyl/N-ethyl adjacent to an activating group) is 1. The predicted molar refractivity (Wildman–Crippen MR) is 165 cm³/mol. The Morgan fingerprint density at radius 3 is 2.77 bits per heavy atom. The SMILES string of the molecule is C=CC(=O)N1CCN(C2NC(OCC3CCCN3C)NC3C(=O)[C@@](C)(CC(F)c4ccccc4S)CCC32)CC1CC#N. The molecule has 9 nitrogen and oxygen atoms in total. The average Bonchev–Trinajstić information content (AvgIpc) is 3.42. The number of alkyl halides is 1. The molecular weight excluding hydrogens is 567 g/mol. The van der Waals surface area contributed by atoms with Crippen molar-refractivity contribution in [3.8, 4) is 6.07 Å². The lowest BCUT2D eigenvalue weighted by atomic mass is 9.64. The minimum absolute atomic E-state index is 0.00942. The van der Waals surface area contributed by atoms with Crippen molar-refractivity contribution in [1.29, 1.82) is 5.26 Å². The first-order chi connectivity index (χ1) is 20.6. The summed E-state index contributed by atoms with van der Waals surface area (Å²) in [6, 6.07) is 8.90. The number of fused-ring (bicyclic) bond motifs is 1. The molecule has 1 aliphatic carbocycles. The number of nitrogens with zero attached hydrogens (tertiary/aromatic N) is 4. The summed E-state index contributed by atoms with van der Waals surface area (Å²) in [5.41, 5.74) is -0.337. The smallest absolute Gasteiger partial charge is 0.246 e. The van der Waals surface area contributed by atoms with Gasteiger partial charge in [-0.3, -0.25) is 25.1 Å². The fraction of sp³-hybridized carbons (Fsp3) is 0.656. The van der Waals surface area contributed by atoms with Gasteiger partial charge < -0.3 is 14.5 Å². The Balaban J connectivity index is 1.36. The average molecular weight is 613 g/mol. The van der Waals surface area contributed by atoms with Gasteiger partial charge in [0.2, 0.25) is 5.91 Å². The van der Waals surface area contributed by atoms with E-state index in [2.05, 4.69) is 52.8 Å². The lowest BCUT2D eigenvalue weighted by molar-refractivity contribution is -0.153. The van der Waals surface area contributed by atoms with Crippen molar-refractivity contribution in [3.05, 3.63) is 42.5 Å². The molecule has 4 fully saturated rings. The molecule has 1 aromatic rings. The quantitative estimate of drug-likeness (QED) is 0.289. The van der Waals surface area contributed by atoms with Gasteiger partial charge >= 0.3 is 0 Å². The third kappa shape index (κ3) is 6.85. The standard InChI is InChI=1S/C32H45FN6O3S/c1-4-27(40)39-17-16-38(19-21(39)12-14-34)30-24-11-13-32(2,18-25(33)23-9-5-6-10-26(23)43)29(41)28(24)35-31(36-30)42-20-22-8-7-15-37(22)3/h4-6,9-10,21-22,24-25,28,30-31,35-36,43H,1,7-8,11-13,15-20H2,2-3H3/t21?,22?,24?,25?,28?,30?,31?,32-/m1/s1. The van der Waals surface area contributed by atoms with Gasteiger partial charge in [-0.1, -0.05) is 31.7 Å². The minimum atomic E-state index is -1.30. The second-order valence-electron chi connectivity index (χ2n) is 12.9. The zero-order valence-electron chi connectivity index (χ0n) is 25.3. The van der Waals surface area contributed by atoms with E-state index in [1.54, 1.807) is 23.1 Å². The summed E-state index contributed by atoms with van der Waals surface area (Å²) in [4.78, 5) is 33.7. The first-order valence-corrected chi connectivity index (χ1v) is 15.9. The number of carbonyl (C=O) groups is 2. The molecule has 7 unspecified atom stereocenters. The van der Waals surface area contributed by atoms with Crippen molar-refractivity contribution < 1.29 is 18.7 Å². The fourth-order valence-electron chi connectivity index (χ4n) is 7.52. The number of hydrogen-bond acceptors (Lipinski definition) is 9. The molecule has 3 aliphatic heterocycles. The normalized spacial score (nSPS) is 34.4. The Morgan fingerprint density at radius 1 is 1.28 bits per heavy atom. The Hall–Kier alpha value is -2.33. The van der Waals surface area contributed by atoms with E-state index in [0.717, 1.165) is 25.8 Å². The molecule has 43 heavy (non-hydrogen) atoms. The van der Waals surface area contributed by atoms with E-state index < -0.39 is 24.0 Å². The van der Waals surface area contributed by atoms with Crippen LogP contribution in [0, 0.1) is 22.7 Å². The first kappa shape index (κ1) is 32.1. The lowest BCUT2D eigenvalue weighted by Crippen LogP contribution is -2.74. The maximum atomic E-state index is 15.7. The Morgan fingerprint density at radius 2 is 2.07 bits per heavy atom. The summed E-state index contributed by atoms with van der Waals surface area (Å²) in [5.74, 6) is -0.241. The summed E-state index contributed by atoms with van der Waals surface area (Å²) >= 11 is 4.45. The monoisotopic (exact) mass is 612 g/mol. The molecule has 0 aromatic heterocycles. The zero-order chi connectivity index (χ0) is 30.7. The van der Waals surface area contributed by atoms with Crippen molar-refractivity contribution in [2.45, 2.75) is 87.2 Å². The number of thiol groups is 1. The number of amides is 1. The summed E-state index contributed by atoms with van der Waals surface area (Å²) in [6.07, 6.45) is 3.03. The summed E-state index contributed by atoms with van der Waals surface area (Å²) < 4.78 is 22.1. The van der Waals surface area contributed by atoms with Crippen LogP contribution in [0.4, 0.5) is 4.39 Å². The van der Waals surface area contributed by atoms with Gasteiger partial charge in [0.1, 0.15) is 6.17 Å². The van der Waals surface area contributed by atoms with Gasteiger partial charge in [0.15, 0.2) is 12.1 Å². The molecule has 1 saturated carbocycles. The maximum Gasteiger partial charge on any atom is 0.246 e. The Labute approximate surface area is 260 Å². The first-order valence-electron chi connectivity index (χ1n) is 15.5. The number of ether oxygens (including phenoxy) is 1. The number of nitrogens with one attached hydrogen (secondary N) is 2. The number of likely N-dealkylation sites (tertiary alicyclic amines) is 1.